The Morgan fingerprint density at radius 2 is 1.34 bits per heavy atom. The molecule has 172 valence electrons. The Hall–Kier alpha value is -2.91. The quantitative estimate of drug-likeness (QED) is 0.411. The summed E-state index contributed by atoms with van der Waals surface area (Å²) in [5, 5.41) is 48.6. The number of phenols is 1. The first-order chi connectivity index (χ1) is 15.3. The highest BCUT2D eigenvalue weighted by molar-refractivity contribution is 5.90. The van der Waals surface area contributed by atoms with E-state index in [0.717, 1.165) is 35.1 Å². The van der Waals surface area contributed by atoms with Crippen LogP contribution in [0.3, 0.4) is 0 Å². The van der Waals surface area contributed by atoms with E-state index in [1.807, 2.05) is 24.3 Å². The first-order valence-corrected chi connectivity index (χ1v) is 10.5. The van der Waals surface area contributed by atoms with Crippen molar-refractivity contribution in [3.05, 3.63) is 59.7 Å². The third-order valence-electron chi connectivity index (χ3n) is 5.56. The zero-order chi connectivity index (χ0) is 23.4. The lowest BCUT2D eigenvalue weighted by Crippen LogP contribution is -2.61. The van der Waals surface area contributed by atoms with E-state index in [9.17, 15) is 25.2 Å². The Bertz CT molecular complexity index is 951. The zero-order valence-corrected chi connectivity index (χ0v) is 17.9. The molecular weight excluding hydrogens is 416 g/mol. The third kappa shape index (κ3) is 4.94. The topological polar surface area (TPSA) is 137 Å². The molecule has 0 amide bonds. The van der Waals surface area contributed by atoms with Gasteiger partial charge in [-0.3, -0.25) is 0 Å². The van der Waals surface area contributed by atoms with Crippen molar-refractivity contribution in [2.24, 2.45) is 0 Å². The van der Waals surface area contributed by atoms with Gasteiger partial charge >= 0.3 is 5.97 Å². The molecule has 0 spiro atoms. The number of carboxylic acids is 1. The molecule has 0 saturated carbocycles. The Morgan fingerprint density at radius 3 is 1.81 bits per heavy atom. The summed E-state index contributed by atoms with van der Waals surface area (Å²) < 4.78 is 10.7. The maximum atomic E-state index is 11.2. The van der Waals surface area contributed by atoms with Crippen LogP contribution in [-0.4, -0.2) is 62.2 Å². The van der Waals surface area contributed by atoms with Crippen molar-refractivity contribution < 1.29 is 39.8 Å². The van der Waals surface area contributed by atoms with Crippen molar-refractivity contribution in [1.29, 1.82) is 0 Å². The predicted molar refractivity (Wildman–Crippen MR) is 117 cm³/mol. The second kappa shape index (κ2) is 10.1. The van der Waals surface area contributed by atoms with Crippen molar-refractivity contribution in [1.82, 2.24) is 0 Å². The fraction of sp³-hybridized carbons (Fsp3) is 0.375. The highest BCUT2D eigenvalue weighted by Gasteiger charge is 2.48. The van der Waals surface area contributed by atoms with Gasteiger partial charge in [-0.25, -0.2) is 4.79 Å². The van der Waals surface area contributed by atoms with Gasteiger partial charge in [0.05, 0.1) is 0 Å². The minimum Gasteiger partial charge on any atom is -0.508 e. The van der Waals surface area contributed by atoms with Gasteiger partial charge in [-0.2, -0.15) is 0 Å². The van der Waals surface area contributed by atoms with Crippen LogP contribution in [0.15, 0.2) is 48.5 Å². The number of phenolic OH excluding ortho intramolecular Hbond substituents is 1. The molecule has 0 aliphatic carbocycles. The fourth-order valence-corrected chi connectivity index (χ4v) is 3.86. The number of carboxylic acid groups (broad SMARTS) is 1. The van der Waals surface area contributed by atoms with Crippen LogP contribution in [0.25, 0.3) is 11.1 Å². The molecule has 32 heavy (non-hydrogen) atoms. The lowest BCUT2D eigenvalue weighted by molar-refractivity contribution is -0.271. The number of benzene rings is 2. The summed E-state index contributed by atoms with van der Waals surface area (Å²) in [5.41, 5.74) is 4.26. The van der Waals surface area contributed by atoms with Gasteiger partial charge in [0.25, 0.3) is 0 Å². The minimum atomic E-state index is -1.77. The maximum absolute atomic E-state index is 11.2. The smallest absolute Gasteiger partial charge is 0.335 e. The normalized spacial score (nSPS) is 26.3. The molecule has 8 nitrogen and oxygen atoms in total. The first kappa shape index (κ1) is 23.7. The minimum absolute atomic E-state index is 0.207. The van der Waals surface area contributed by atoms with E-state index in [1.54, 1.807) is 24.3 Å². The number of hydrogen-bond acceptors (Lipinski definition) is 7. The Morgan fingerprint density at radius 1 is 0.844 bits per heavy atom. The van der Waals surface area contributed by atoms with E-state index in [4.69, 9.17) is 14.6 Å². The van der Waals surface area contributed by atoms with Crippen molar-refractivity contribution in [3.63, 3.8) is 0 Å². The number of rotatable bonds is 7. The highest BCUT2D eigenvalue weighted by Crippen LogP contribution is 2.33. The number of carbonyl (C=O) groups is 1. The van der Waals surface area contributed by atoms with Crippen molar-refractivity contribution in [2.75, 3.05) is 0 Å². The van der Waals surface area contributed by atoms with Crippen LogP contribution in [0.2, 0.25) is 0 Å². The average Bonchev–Trinajstić information content (AvgIpc) is 2.79. The van der Waals surface area contributed by atoms with Gasteiger partial charge in [0, 0.05) is 0 Å². The van der Waals surface area contributed by atoms with Crippen molar-refractivity contribution in [3.8, 4) is 11.5 Å². The van der Waals surface area contributed by atoms with Crippen LogP contribution in [-0.2, 0) is 9.53 Å². The predicted octanol–water partition coefficient (Wildman–Crippen LogP) is 2.39. The molecular formula is C24H28O8. The first-order valence-electron chi connectivity index (χ1n) is 10.5. The van der Waals surface area contributed by atoms with Crippen LogP contribution < -0.4 is 4.74 Å². The second-order valence-corrected chi connectivity index (χ2v) is 7.59. The largest absolute Gasteiger partial charge is 0.508 e. The lowest BCUT2D eigenvalue weighted by Gasteiger charge is -2.38. The van der Waals surface area contributed by atoms with Gasteiger partial charge in [-0.05, 0) is 59.4 Å². The molecule has 3 rings (SSSR count). The number of aromatic hydroxyl groups is 1. The molecule has 0 unspecified atom stereocenters. The molecule has 1 aliphatic heterocycles. The fourth-order valence-electron chi connectivity index (χ4n) is 3.86. The number of allylic oxidation sites excluding steroid dienone is 2. The molecule has 0 radical (unpaired) electrons. The standard InChI is InChI=1S/C24H28O8/c1-3-17(13-5-9-15(25)10-6-13)18(4-2)14-7-11-16(12-8-14)31-24-21(28)19(26)20(27)22(32-24)23(29)30/h5-12,19-22,24-28H,3-4H2,1-2H3,(H,29,30)/b18-17+/t19-,20+,21-,22+,24-/m1/s1. The van der Waals surface area contributed by atoms with E-state index in [-0.39, 0.29) is 5.75 Å². The SMILES string of the molecule is CC/C(=C(/CC)c1ccc(O[C@@H]2O[C@H](C(=O)O)[C@@H](O)[C@@H](O)[C@H]2O)cc1)c1ccc(O)cc1. The van der Waals surface area contributed by atoms with Gasteiger partial charge in [0.15, 0.2) is 6.10 Å². The summed E-state index contributed by atoms with van der Waals surface area (Å²) in [5.74, 6) is -0.950. The van der Waals surface area contributed by atoms with E-state index < -0.39 is 36.7 Å². The molecule has 5 atom stereocenters. The van der Waals surface area contributed by atoms with Crippen LogP contribution in [0.4, 0.5) is 0 Å². The second-order valence-electron chi connectivity index (χ2n) is 7.59. The summed E-state index contributed by atoms with van der Waals surface area (Å²) >= 11 is 0. The molecule has 1 heterocycles. The van der Waals surface area contributed by atoms with Crippen molar-refractivity contribution in [2.45, 2.75) is 57.4 Å². The molecule has 2 aromatic rings. The van der Waals surface area contributed by atoms with Crippen LogP contribution in [0.1, 0.15) is 37.8 Å². The zero-order valence-electron chi connectivity index (χ0n) is 17.9. The highest BCUT2D eigenvalue weighted by atomic mass is 16.7. The third-order valence-corrected chi connectivity index (χ3v) is 5.56. The van der Waals surface area contributed by atoms with Gasteiger partial charge in [-0.15, -0.1) is 0 Å². The lowest BCUT2D eigenvalue weighted by atomic mass is 9.91. The summed E-state index contributed by atoms with van der Waals surface area (Å²) in [6, 6.07) is 14.1. The summed E-state index contributed by atoms with van der Waals surface area (Å²) in [6.45, 7) is 4.12. The molecule has 1 fully saturated rings. The number of aliphatic hydroxyl groups excluding tert-OH is 3. The van der Waals surface area contributed by atoms with Crippen molar-refractivity contribution >= 4 is 17.1 Å². The molecule has 8 heteroatoms. The molecule has 0 bridgehead atoms. The number of hydrogen-bond donors (Lipinski definition) is 5. The Balaban J connectivity index is 1.83. The Labute approximate surface area is 186 Å². The van der Waals surface area contributed by atoms with E-state index in [2.05, 4.69) is 13.8 Å². The molecule has 5 N–H and O–H groups in total. The maximum Gasteiger partial charge on any atom is 0.335 e. The van der Waals surface area contributed by atoms with Gasteiger partial charge in [0.1, 0.15) is 29.8 Å². The van der Waals surface area contributed by atoms with Gasteiger partial charge < -0.3 is 35.0 Å². The summed E-state index contributed by atoms with van der Waals surface area (Å²) in [7, 11) is 0. The monoisotopic (exact) mass is 444 g/mol. The molecule has 2 aromatic carbocycles. The van der Waals surface area contributed by atoms with Crippen LogP contribution in [0.5, 0.6) is 11.5 Å². The number of aliphatic carboxylic acids is 1. The van der Waals surface area contributed by atoms with E-state index in [1.165, 1.54) is 0 Å². The van der Waals surface area contributed by atoms with Crippen LogP contribution >= 0.6 is 0 Å². The molecule has 0 aromatic heterocycles. The van der Waals surface area contributed by atoms with E-state index in [0.29, 0.717) is 5.75 Å². The van der Waals surface area contributed by atoms with Gasteiger partial charge in [-0.1, -0.05) is 38.1 Å². The van der Waals surface area contributed by atoms with E-state index >= 15 is 0 Å². The molecule has 1 saturated heterocycles. The summed E-state index contributed by atoms with van der Waals surface area (Å²) in [4.78, 5) is 11.2. The van der Waals surface area contributed by atoms with Gasteiger partial charge in [0.2, 0.25) is 6.29 Å². The number of aliphatic hydroxyl groups is 3. The summed E-state index contributed by atoms with van der Waals surface area (Å²) in [6.07, 6.45) is -6.71. The molecule has 1 aliphatic rings. The average molecular weight is 444 g/mol. The van der Waals surface area contributed by atoms with Crippen LogP contribution in [0, 0.1) is 0 Å². The Kier molecular flexibility index (Phi) is 7.52. The number of ether oxygens (including phenoxy) is 2.